The van der Waals surface area contributed by atoms with E-state index in [2.05, 4.69) is 41.2 Å². The molecule has 0 unspecified atom stereocenters. The summed E-state index contributed by atoms with van der Waals surface area (Å²) in [4.78, 5) is 26.4. The van der Waals surface area contributed by atoms with E-state index < -0.39 is 5.54 Å². The Bertz CT molecular complexity index is 1610. The van der Waals surface area contributed by atoms with Crippen LogP contribution in [0, 0.1) is 0 Å². The first-order valence-electron chi connectivity index (χ1n) is 15.8. The Balaban J connectivity index is 1.31. The van der Waals surface area contributed by atoms with Crippen LogP contribution in [0.2, 0.25) is 0 Å². The molecule has 1 saturated heterocycles. The molecule has 1 atom stereocenters. The minimum Gasteiger partial charge on any atom is -0.497 e. The molecular formula is C34H44N8O3. The normalized spacial score (nSPS) is 17.0. The average Bonchev–Trinajstić information content (AvgIpc) is 3.08. The van der Waals surface area contributed by atoms with E-state index in [0.29, 0.717) is 36.1 Å². The lowest BCUT2D eigenvalue weighted by atomic mass is 9.96. The standard InChI is InChI=1S/C34H44N8O3/c1-5-6-11-34(2,22-43)39-32-31-29(37-33(38-32)42-20-25-8-10-28(44-4)17-30(25)45-23-42)16-26(19-36-31)24-7-9-27(35-18-24)21-41-14-12-40(3)13-15-41/h7-10,16-19,43H,5-6,11-15,20-23H2,1-4H3,(H,37,38,39)/t34-/m1/s1. The number of likely N-dealkylation sites (N-methyl/N-ethyl adjacent to an activating group) is 1. The van der Waals surface area contributed by atoms with E-state index in [0.717, 1.165) is 85.9 Å². The third kappa shape index (κ3) is 7.11. The number of hydrogen-bond acceptors (Lipinski definition) is 11. The van der Waals surface area contributed by atoms with Gasteiger partial charge < -0.3 is 29.7 Å². The summed E-state index contributed by atoms with van der Waals surface area (Å²) in [6.45, 7) is 10.2. The summed E-state index contributed by atoms with van der Waals surface area (Å²) in [6, 6.07) is 12.1. The molecule has 45 heavy (non-hydrogen) atoms. The minimum atomic E-state index is -0.556. The molecule has 0 bridgehead atoms. The van der Waals surface area contributed by atoms with Gasteiger partial charge in [0, 0.05) is 67.9 Å². The van der Waals surface area contributed by atoms with Crippen LogP contribution in [0.1, 0.15) is 44.4 Å². The number of unbranched alkanes of at least 4 members (excludes halogenated alkanes) is 1. The molecule has 2 aliphatic heterocycles. The van der Waals surface area contributed by atoms with Crippen molar-refractivity contribution in [1.29, 1.82) is 0 Å². The number of hydrogen-bond donors (Lipinski definition) is 2. The van der Waals surface area contributed by atoms with Crippen molar-refractivity contribution in [3.8, 4) is 22.6 Å². The molecule has 11 nitrogen and oxygen atoms in total. The fraction of sp³-hybridized carbons (Fsp3) is 0.471. The van der Waals surface area contributed by atoms with Crippen molar-refractivity contribution in [3.63, 3.8) is 0 Å². The van der Waals surface area contributed by atoms with Gasteiger partial charge in [-0.15, -0.1) is 0 Å². The third-order valence-electron chi connectivity index (χ3n) is 8.81. The van der Waals surface area contributed by atoms with Crippen molar-refractivity contribution in [2.75, 3.05) is 63.9 Å². The highest BCUT2D eigenvalue weighted by Gasteiger charge is 2.27. The molecule has 0 spiro atoms. The number of aliphatic hydroxyl groups is 1. The van der Waals surface area contributed by atoms with Crippen molar-refractivity contribution >= 4 is 22.8 Å². The van der Waals surface area contributed by atoms with Crippen molar-refractivity contribution in [3.05, 3.63) is 60.0 Å². The highest BCUT2D eigenvalue weighted by Crippen LogP contribution is 2.33. The number of benzene rings is 1. The van der Waals surface area contributed by atoms with Gasteiger partial charge in [0.1, 0.15) is 17.0 Å². The Morgan fingerprint density at radius 2 is 1.84 bits per heavy atom. The first-order valence-corrected chi connectivity index (χ1v) is 15.8. The lowest BCUT2D eigenvalue weighted by Crippen LogP contribution is -2.43. The van der Waals surface area contributed by atoms with E-state index in [1.807, 2.05) is 48.5 Å². The van der Waals surface area contributed by atoms with E-state index in [-0.39, 0.29) is 6.61 Å². The van der Waals surface area contributed by atoms with Gasteiger partial charge in [-0.05, 0) is 44.7 Å². The predicted molar refractivity (Wildman–Crippen MR) is 177 cm³/mol. The number of pyridine rings is 2. The van der Waals surface area contributed by atoms with Gasteiger partial charge in [-0.1, -0.05) is 25.8 Å². The molecular weight excluding hydrogens is 568 g/mol. The zero-order valence-corrected chi connectivity index (χ0v) is 26.8. The monoisotopic (exact) mass is 612 g/mol. The molecule has 238 valence electrons. The van der Waals surface area contributed by atoms with Crippen molar-refractivity contribution in [2.45, 2.75) is 51.7 Å². The van der Waals surface area contributed by atoms with Crippen LogP contribution in [-0.4, -0.2) is 94.1 Å². The Labute approximate surface area is 265 Å². The molecule has 2 aliphatic rings. The van der Waals surface area contributed by atoms with Crippen molar-refractivity contribution in [2.24, 2.45) is 0 Å². The number of nitrogens with one attached hydrogen (secondary N) is 1. The predicted octanol–water partition coefficient (Wildman–Crippen LogP) is 4.55. The van der Waals surface area contributed by atoms with Gasteiger partial charge in [0.2, 0.25) is 5.95 Å². The van der Waals surface area contributed by atoms with Crippen LogP contribution in [-0.2, 0) is 13.1 Å². The number of fused-ring (bicyclic) bond motifs is 2. The van der Waals surface area contributed by atoms with Gasteiger partial charge in [-0.3, -0.25) is 14.9 Å². The molecule has 5 heterocycles. The highest BCUT2D eigenvalue weighted by molar-refractivity contribution is 5.89. The summed E-state index contributed by atoms with van der Waals surface area (Å²) in [5.74, 6) is 2.67. The third-order valence-corrected chi connectivity index (χ3v) is 8.81. The van der Waals surface area contributed by atoms with Crippen LogP contribution in [0.5, 0.6) is 11.5 Å². The fourth-order valence-electron chi connectivity index (χ4n) is 5.80. The quantitative estimate of drug-likeness (QED) is 0.249. The van der Waals surface area contributed by atoms with Gasteiger partial charge >= 0.3 is 0 Å². The fourth-order valence-corrected chi connectivity index (χ4v) is 5.80. The van der Waals surface area contributed by atoms with Crippen molar-refractivity contribution in [1.82, 2.24) is 29.7 Å². The number of anilines is 2. The number of nitrogens with zero attached hydrogens (tertiary/aromatic N) is 7. The molecule has 3 aromatic heterocycles. The molecule has 4 aromatic rings. The molecule has 0 saturated carbocycles. The van der Waals surface area contributed by atoms with Crippen LogP contribution in [0.15, 0.2) is 48.8 Å². The zero-order valence-electron chi connectivity index (χ0n) is 26.8. The van der Waals surface area contributed by atoms with Gasteiger partial charge in [0.25, 0.3) is 0 Å². The smallest absolute Gasteiger partial charge is 0.230 e. The molecule has 11 heteroatoms. The first-order chi connectivity index (χ1) is 21.9. The maximum Gasteiger partial charge on any atom is 0.230 e. The lowest BCUT2D eigenvalue weighted by Gasteiger charge is -2.32. The summed E-state index contributed by atoms with van der Waals surface area (Å²) in [6.07, 6.45) is 6.59. The van der Waals surface area contributed by atoms with Gasteiger partial charge in [-0.25, -0.2) is 4.98 Å². The number of rotatable bonds is 11. The second kappa shape index (κ2) is 13.5. The Morgan fingerprint density at radius 3 is 2.58 bits per heavy atom. The van der Waals surface area contributed by atoms with Crippen LogP contribution in [0.3, 0.4) is 0 Å². The van der Waals surface area contributed by atoms with E-state index in [4.69, 9.17) is 29.4 Å². The van der Waals surface area contributed by atoms with E-state index in [1.54, 1.807) is 7.11 Å². The summed E-state index contributed by atoms with van der Waals surface area (Å²) in [5, 5.41) is 13.9. The molecule has 0 aliphatic carbocycles. The SMILES string of the molecule is CCCC[C@](C)(CO)Nc1nc(N2COc3cc(OC)ccc3C2)nc2cc(-c3ccc(CN4CCN(C)CC4)nc3)cnc12. The maximum absolute atomic E-state index is 10.4. The molecule has 1 fully saturated rings. The number of ether oxygens (including phenoxy) is 2. The Kier molecular flexibility index (Phi) is 9.29. The van der Waals surface area contributed by atoms with Crippen molar-refractivity contribution < 1.29 is 14.6 Å². The number of methoxy groups -OCH3 is 1. The van der Waals surface area contributed by atoms with E-state index >= 15 is 0 Å². The molecule has 6 rings (SSSR count). The zero-order chi connectivity index (χ0) is 31.4. The summed E-state index contributed by atoms with van der Waals surface area (Å²) in [7, 11) is 3.82. The van der Waals surface area contributed by atoms with Gasteiger partial charge in [0.05, 0.1) is 37.0 Å². The van der Waals surface area contributed by atoms with Gasteiger partial charge in [0.15, 0.2) is 12.5 Å². The number of aromatic nitrogens is 4. The molecule has 1 aromatic carbocycles. The number of piperazine rings is 1. The Hall–Kier alpha value is -4.06. The minimum absolute atomic E-state index is 0.0277. The van der Waals surface area contributed by atoms with Crippen LogP contribution in [0.25, 0.3) is 22.2 Å². The highest BCUT2D eigenvalue weighted by atomic mass is 16.5. The van der Waals surface area contributed by atoms with Crippen LogP contribution in [0.4, 0.5) is 11.8 Å². The molecule has 2 N–H and O–H groups in total. The summed E-state index contributed by atoms with van der Waals surface area (Å²) in [5.41, 5.74) is 4.80. The summed E-state index contributed by atoms with van der Waals surface area (Å²) < 4.78 is 11.5. The van der Waals surface area contributed by atoms with Crippen LogP contribution >= 0.6 is 0 Å². The second-order valence-corrected chi connectivity index (χ2v) is 12.5. The largest absolute Gasteiger partial charge is 0.497 e. The average molecular weight is 613 g/mol. The second-order valence-electron chi connectivity index (χ2n) is 12.5. The summed E-state index contributed by atoms with van der Waals surface area (Å²) >= 11 is 0. The first kappa shape index (κ1) is 30.9. The van der Waals surface area contributed by atoms with Crippen LogP contribution < -0.4 is 19.7 Å². The Morgan fingerprint density at radius 1 is 1.02 bits per heavy atom. The molecule has 0 amide bonds. The van der Waals surface area contributed by atoms with E-state index in [9.17, 15) is 5.11 Å². The van der Waals surface area contributed by atoms with Gasteiger partial charge in [-0.2, -0.15) is 4.98 Å². The molecule has 0 radical (unpaired) electrons. The van der Waals surface area contributed by atoms with E-state index in [1.165, 1.54) is 0 Å². The maximum atomic E-state index is 10.4. The number of aliphatic hydroxyl groups excluding tert-OH is 1. The lowest BCUT2D eigenvalue weighted by molar-refractivity contribution is 0.147. The topological polar surface area (TPSA) is 112 Å².